The van der Waals surface area contributed by atoms with Gasteiger partial charge in [-0.25, -0.2) is 4.79 Å². The maximum Gasteiger partial charge on any atom is 0.348 e. The molecule has 3 aliphatic rings. The second-order valence-electron chi connectivity index (χ2n) is 11.4. The fraction of sp³-hybridized carbons (Fsp3) is 0.424. The van der Waals surface area contributed by atoms with Crippen molar-refractivity contribution < 1.29 is 24.3 Å². The maximum atomic E-state index is 13.8. The van der Waals surface area contributed by atoms with Gasteiger partial charge in [0.2, 0.25) is 5.60 Å². The highest BCUT2D eigenvalue weighted by molar-refractivity contribution is 5.88. The number of para-hydroxylation sites is 2. The number of nitrogens with one attached hydrogen (secondary N) is 1. The molecule has 0 aromatic heterocycles. The monoisotopic (exact) mass is 512 g/mol. The molecule has 2 bridgehead atoms. The van der Waals surface area contributed by atoms with E-state index in [1.807, 2.05) is 24.3 Å². The van der Waals surface area contributed by atoms with E-state index in [1.165, 1.54) is 31.2 Å². The number of hydrogen-bond donors (Lipinski definition) is 2. The van der Waals surface area contributed by atoms with E-state index in [2.05, 4.69) is 37.4 Å². The molecule has 5 unspecified atom stereocenters. The van der Waals surface area contributed by atoms with E-state index in [0.29, 0.717) is 40.5 Å². The number of ether oxygens (including phenoxy) is 2. The minimum absolute atomic E-state index is 0.148. The number of carbonyl (C=O) groups is 1. The predicted molar refractivity (Wildman–Crippen MR) is 146 cm³/mol. The van der Waals surface area contributed by atoms with Crippen molar-refractivity contribution >= 4 is 5.97 Å². The first-order valence-electron chi connectivity index (χ1n) is 14.2. The van der Waals surface area contributed by atoms with Crippen molar-refractivity contribution in [2.45, 2.75) is 62.7 Å². The van der Waals surface area contributed by atoms with Crippen molar-refractivity contribution in [1.29, 1.82) is 0 Å². The number of unbranched alkanes of at least 4 members (excludes halogenated alkanes) is 2. The zero-order valence-electron chi connectivity index (χ0n) is 22.1. The van der Waals surface area contributed by atoms with Crippen LogP contribution >= 0.6 is 0 Å². The molecule has 2 N–H and O–H groups in total. The molecule has 1 aliphatic heterocycles. The van der Waals surface area contributed by atoms with Crippen LogP contribution in [0.15, 0.2) is 78.9 Å². The lowest BCUT2D eigenvalue weighted by Gasteiger charge is -2.35. The van der Waals surface area contributed by atoms with Crippen molar-refractivity contribution in [3.63, 3.8) is 0 Å². The normalized spacial score (nSPS) is 25.2. The molecule has 3 aromatic carbocycles. The van der Waals surface area contributed by atoms with Crippen LogP contribution in [0.1, 0.15) is 55.2 Å². The lowest BCUT2D eigenvalue weighted by atomic mass is 9.83. The summed E-state index contributed by atoms with van der Waals surface area (Å²) in [6.45, 7) is 1.15. The van der Waals surface area contributed by atoms with E-state index >= 15 is 0 Å². The largest absolute Gasteiger partial charge is 0.459 e. The summed E-state index contributed by atoms with van der Waals surface area (Å²) in [5, 5.41) is 11.9. The number of benzene rings is 3. The van der Waals surface area contributed by atoms with Gasteiger partial charge in [0.1, 0.15) is 17.6 Å². The predicted octanol–water partition coefficient (Wildman–Crippen LogP) is 4.67. The third kappa shape index (κ3) is 4.52. The van der Waals surface area contributed by atoms with Gasteiger partial charge in [-0.05, 0) is 62.6 Å². The van der Waals surface area contributed by atoms with Crippen LogP contribution in [0.25, 0.3) is 0 Å². The Balaban J connectivity index is 1.10. The van der Waals surface area contributed by atoms with Crippen LogP contribution in [0.4, 0.5) is 0 Å². The minimum Gasteiger partial charge on any atom is -0.459 e. The van der Waals surface area contributed by atoms with Crippen LogP contribution in [0.5, 0.6) is 11.5 Å². The lowest BCUT2D eigenvalue weighted by Crippen LogP contribution is -3.14. The average Bonchev–Trinajstić information content (AvgIpc) is 3.51. The van der Waals surface area contributed by atoms with Gasteiger partial charge in [0.25, 0.3) is 0 Å². The van der Waals surface area contributed by atoms with Crippen molar-refractivity contribution in [1.82, 2.24) is 0 Å². The summed E-state index contributed by atoms with van der Waals surface area (Å²) >= 11 is 0. The molecule has 198 valence electrons. The summed E-state index contributed by atoms with van der Waals surface area (Å²) in [4.78, 5) is 15.3. The molecule has 0 amide bonds. The molecule has 1 heterocycles. The molecule has 5 atom stereocenters. The van der Waals surface area contributed by atoms with Gasteiger partial charge in [-0.15, -0.1) is 0 Å². The summed E-state index contributed by atoms with van der Waals surface area (Å²) in [5.41, 5.74) is 0.437. The fourth-order valence-corrected chi connectivity index (χ4v) is 7.31. The molecule has 5 heteroatoms. The van der Waals surface area contributed by atoms with Gasteiger partial charge in [0.15, 0.2) is 0 Å². The van der Waals surface area contributed by atoms with E-state index in [0.717, 1.165) is 25.8 Å². The van der Waals surface area contributed by atoms with E-state index in [1.54, 1.807) is 29.2 Å². The van der Waals surface area contributed by atoms with Gasteiger partial charge in [0, 0.05) is 23.0 Å². The first-order chi connectivity index (χ1) is 18.6. The Bertz CT molecular complexity index is 1230. The molecule has 0 radical (unpaired) electrons. The second kappa shape index (κ2) is 10.5. The minimum atomic E-state index is -1.87. The Hall–Kier alpha value is -3.15. The van der Waals surface area contributed by atoms with Crippen LogP contribution in [0.2, 0.25) is 0 Å². The fourth-order valence-electron chi connectivity index (χ4n) is 7.31. The van der Waals surface area contributed by atoms with E-state index in [4.69, 9.17) is 9.47 Å². The van der Waals surface area contributed by atoms with Crippen molar-refractivity contribution in [2.24, 2.45) is 11.8 Å². The highest BCUT2D eigenvalue weighted by Crippen LogP contribution is 2.49. The third-order valence-electron chi connectivity index (χ3n) is 9.13. The number of esters is 1. The highest BCUT2D eigenvalue weighted by Gasteiger charge is 2.56. The molecular weight excluding hydrogens is 474 g/mol. The lowest BCUT2D eigenvalue weighted by molar-refractivity contribution is -0.911. The molecule has 0 saturated heterocycles. The Morgan fingerprint density at radius 1 is 0.921 bits per heavy atom. The number of hydrogen-bond acceptors (Lipinski definition) is 4. The Labute approximate surface area is 225 Å². The quantitative estimate of drug-likeness (QED) is 0.323. The van der Waals surface area contributed by atoms with E-state index < -0.39 is 11.6 Å². The summed E-state index contributed by atoms with van der Waals surface area (Å²) in [6.07, 6.45) is 7.86. The molecule has 5 nitrogen and oxygen atoms in total. The van der Waals surface area contributed by atoms with E-state index in [-0.39, 0.29) is 6.10 Å². The topological polar surface area (TPSA) is 60.2 Å². The summed E-state index contributed by atoms with van der Waals surface area (Å²) in [7, 11) is 2.32. The smallest absolute Gasteiger partial charge is 0.348 e. The third-order valence-corrected chi connectivity index (χ3v) is 9.13. The molecule has 2 saturated carbocycles. The summed E-state index contributed by atoms with van der Waals surface area (Å²) < 4.78 is 12.2. The van der Waals surface area contributed by atoms with Crippen LogP contribution in [0.3, 0.4) is 0 Å². The molecule has 0 spiro atoms. The summed E-state index contributed by atoms with van der Waals surface area (Å²) in [5.74, 6) is 1.32. The SMILES string of the molecule is C[NH+](CCCCCc1ccccc1)C1C2CCC1C(OC(=O)C1(O)c3ccccc3Oc3ccccc31)C2. The van der Waals surface area contributed by atoms with Gasteiger partial charge in [0.05, 0.1) is 19.6 Å². The molecule has 6 rings (SSSR count). The van der Waals surface area contributed by atoms with Crippen LogP contribution < -0.4 is 9.64 Å². The number of carbonyl (C=O) groups excluding carboxylic acids is 1. The average molecular weight is 513 g/mol. The number of quaternary nitrogens is 1. The Kier molecular flexibility index (Phi) is 6.98. The Morgan fingerprint density at radius 2 is 1.58 bits per heavy atom. The molecular formula is C33H38NO4+. The molecule has 2 aliphatic carbocycles. The number of aliphatic hydroxyl groups is 1. The molecule has 2 fully saturated rings. The number of aryl methyl sites for hydroxylation is 1. The second-order valence-corrected chi connectivity index (χ2v) is 11.4. The zero-order valence-corrected chi connectivity index (χ0v) is 22.1. The van der Waals surface area contributed by atoms with Crippen LogP contribution in [-0.2, 0) is 21.6 Å². The molecule has 38 heavy (non-hydrogen) atoms. The summed E-state index contributed by atoms with van der Waals surface area (Å²) in [6, 6.07) is 25.7. The van der Waals surface area contributed by atoms with Gasteiger partial charge >= 0.3 is 5.97 Å². The van der Waals surface area contributed by atoms with Gasteiger partial charge in [-0.2, -0.15) is 0 Å². The van der Waals surface area contributed by atoms with Gasteiger partial charge < -0.3 is 19.5 Å². The first kappa shape index (κ1) is 25.1. The van der Waals surface area contributed by atoms with Crippen LogP contribution in [0, 0.1) is 11.8 Å². The van der Waals surface area contributed by atoms with Crippen molar-refractivity contribution in [2.75, 3.05) is 13.6 Å². The molecule has 3 aromatic rings. The van der Waals surface area contributed by atoms with Crippen molar-refractivity contribution in [3.05, 3.63) is 95.6 Å². The first-order valence-corrected chi connectivity index (χ1v) is 14.2. The zero-order chi connectivity index (χ0) is 26.1. The van der Waals surface area contributed by atoms with Crippen molar-refractivity contribution in [3.8, 4) is 11.5 Å². The highest BCUT2D eigenvalue weighted by atomic mass is 16.6. The standard InChI is InChI=1S/C33H37NO4/c1-34(21-11-3-6-14-23-12-4-2-5-13-23)31-24-19-20-25(31)30(22-24)38-32(35)33(36)26-15-7-9-17-28(26)37-29-18-10-8-16-27(29)33/h2,4-5,7-10,12-13,15-18,24-25,30-31,36H,3,6,11,14,19-22H2,1H3/p+1. The van der Waals surface area contributed by atoms with Gasteiger partial charge in [-0.1, -0.05) is 66.7 Å². The van der Waals surface area contributed by atoms with Gasteiger partial charge in [-0.3, -0.25) is 0 Å². The maximum absolute atomic E-state index is 13.8. The Morgan fingerprint density at radius 3 is 2.29 bits per heavy atom. The number of rotatable bonds is 9. The van der Waals surface area contributed by atoms with Crippen LogP contribution in [-0.4, -0.2) is 36.8 Å². The number of fused-ring (bicyclic) bond motifs is 4. The van der Waals surface area contributed by atoms with E-state index in [9.17, 15) is 9.90 Å².